The first kappa shape index (κ1) is 26.9. The lowest BCUT2D eigenvalue weighted by Gasteiger charge is -2.19. The zero-order chi connectivity index (χ0) is 25.1. The molecule has 3 aromatic rings. The summed E-state index contributed by atoms with van der Waals surface area (Å²) in [5.74, 6) is 1.63. The fourth-order valence-corrected chi connectivity index (χ4v) is 4.11. The summed E-state index contributed by atoms with van der Waals surface area (Å²) in [5.41, 5.74) is 1.24. The minimum atomic E-state index is -4.39. The van der Waals surface area contributed by atoms with Crippen molar-refractivity contribution in [1.29, 1.82) is 0 Å². The highest BCUT2D eigenvalue weighted by Gasteiger charge is 2.30. The van der Waals surface area contributed by atoms with E-state index in [0.29, 0.717) is 23.9 Å². The molecular formula is C26H27F3O5S. The van der Waals surface area contributed by atoms with E-state index in [1.807, 2.05) is 55.5 Å². The topological polar surface area (TPSA) is 57.2 Å². The second-order valence-electron chi connectivity index (χ2n) is 7.67. The van der Waals surface area contributed by atoms with Gasteiger partial charge in [0.15, 0.2) is 0 Å². The van der Waals surface area contributed by atoms with E-state index in [4.69, 9.17) is 19.5 Å². The van der Waals surface area contributed by atoms with Crippen molar-refractivity contribution in [3.05, 3.63) is 89.5 Å². The smallest absolute Gasteiger partial charge is 0.416 e. The van der Waals surface area contributed by atoms with E-state index in [1.54, 1.807) is 11.8 Å². The molecule has 1 atom stereocenters. The number of rotatable bonds is 13. The Hall–Kier alpha value is -2.72. The predicted octanol–water partition coefficient (Wildman–Crippen LogP) is 6.64. The largest absolute Gasteiger partial charge is 0.491 e. The van der Waals surface area contributed by atoms with Gasteiger partial charge in [-0.05, 0) is 60.5 Å². The molecule has 188 valence electrons. The van der Waals surface area contributed by atoms with Gasteiger partial charge in [0.2, 0.25) is 0 Å². The number of alkyl halides is 3. The van der Waals surface area contributed by atoms with Gasteiger partial charge in [-0.2, -0.15) is 13.2 Å². The normalized spacial score (nSPS) is 12.4. The molecular weight excluding hydrogens is 481 g/mol. The van der Waals surface area contributed by atoms with Crippen LogP contribution in [0, 0.1) is 6.92 Å². The number of ether oxygens (including phenoxy) is 3. The molecule has 3 aromatic carbocycles. The first-order valence-electron chi connectivity index (χ1n) is 10.9. The summed E-state index contributed by atoms with van der Waals surface area (Å²) in [6.07, 6.45) is -4.69. The van der Waals surface area contributed by atoms with E-state index in [2.05, 4.69) is 4.89 Å². The van der Waals surface area contributed by atoms with Crippen LogP contribution in [-0.2, 0) is 22.4 Å². The molecule has 9 heteroatoms. The van der Waals surface area contributed by atoms with Crippen LogP contribution < -0.4 is 9.47 Å². The van der Waals surface area contributed by atoms with Crippen molar-refractivity contribution in [3.63, 3.8) is 0 Å². The SMILES string of the molecule is Cc1cc(SCC(COc2ccc(C(F)(F)F)cc2)OCc2ccccc2)ccc1OCCOO. The van der Waals surface area contributed by atoms with Gasteiger partial charge in [0.1, 0.15) is 37.4 Å². The summed E-state index contributed by atoms with van der Waals surface area (Å²) in [6.45, 7) is 2.82. The molecule has 0 radical (unpaired) electrons. The first-order valence-corrected chi connectivity index (χ1v) is 11.9. The quantitative estimate of drug-likeness (QED) is 0.121. The van der Waals surface area contributed by atoms with E-state index >= 15 is 0 Å². The molecule has 0 aliphatic rings. The van der Waals surface area contributed by atoms with E-state index in [1.165, 1.54) is 12.1 Å². The molecule has 1 unspecified atom stereocenters. The number of aryl methyl sites for hydroxylation is 1. The lowest BCUT2D eigenvalue weighted by molar-refractivity contribution is -0.245. The lowest BCUT2D eigenvalue weighted by Crippen LogP contribution is -2.24. The number of halogens is 3. The summed E-state index contributed by atoms with van der Waals surface area (Å²) in [6, 6.07) is 20.1. The molecule has 1 N–H and O–H groups in total. The van der Waals surface area contributed by atoms with Crippen LogP contribution in [0.1, 0.15) is 16.7 Å². The van der Waals surface area contributed by atoms with Crippen molar-refractivity contribution in [3.8, 4) is 11.5 Å². The van der Waals surface area contributed by atoms with Crippen molar-refractivity contribution in [2.24, 2.45) is 0 Å². The molecule has 0 aliphatic carbocycles. The predicted molar refractivity (Wildman–Crippen MR) is 128 cm³/mol. The Kier molecular flexibility index (Phi) is 10.3. The van der Waals surface area contributed by atoms with Crippen molar-refractivity contribution in [1.82, 2.24) is 0 Å². The van der Waals surface area contributed by atoms with E-state index in [-0.39, 0.29) is 25.9 Å². The molecule has 5 nitrogen and oxygen atoms in total. The van der Waals surface area contributed by atoms with Crippen LogP contribution in [-0.4, -0.2) is 36.9 Å². The van der Waals surface area contributed by atoms with Crippen molar-refractivity contribution >= 4 is 11.8 Å². The molecule has 0 saturated carbocycles. The number of hydrogen-bond donors (Lipinski definition) is 1. The van der Waals surface area contributed by atoms with E-state index in [9.17, 15) is 13.2 Å². The highest BCUT2D eigenvalue weighted by Crippen LogP contribution is 2.31. The summed E-state index contributed by atoms with van der Waals surface area (Å²) in [5, 5.41) is 8.41. The van der Waals surface area contributed by atoms with Crippen LogP contribution in [0.25, 0.3) is 0 Å². The summed E-state index contributed by atoms with van der Waals surface area (Å²) in [7, 11) is 0. The summed E-state index contributed by atoms with van der Waals surface area (Å²) in [4.78, 5) is 5.03. The number of benzene rings is 3. The maximum Gasteiger partial charge on any atom is 0.416 e. The lowest BCUT2D eigenvalue weighted by atomic mass is 10.2. The third-order valence-electron chi connectivity index (χ3n) is 4.96. The zero-order valence-corrected chi connectivity index (χ0v) is 20.0. The second-order valence-corrected chi connectivity index (χ2v) is 8.77. The van der Waals surface area contributed by atoms with Gasteiger partial charge in [-0.3, -0.25) is 5.26 Å². The maximum atomic E-state index is 12.8. The van der Waals surface area contributed by atoms with Crippen molar-refractivity contribution in [2.45, 2.75) is 30.7 Å². The number of hydrogen-bond acceptors (Lipinski definition) is 6. The van der Waals surface area contributed by atoms with Gasteiger partial charge in [-0.25, -0.2) is 4.89 Å². The van der Waals surface area contributed by atoms with Crippen LogP contribution in [0.4, 0.5) is 13.2 Å². The van der Waals surface area contributed by atoms with Gasteiger partial charge in [-0.15, -0.1) is 11.8 Å². The highest BCUT2D eigenvalue weighted by molar-refractivity contribution is 7.99. The second kappa shape index (κ2) is 13.4. The molecule has 0 fully saturated rings. The molecule has 0 aromatic heterocycles. The zero-order valence-electron chi connectivity index (χ0n) is 19.2. The van der Waals surface area contributed by atoms with Crippen LogP contribution in [0.2, 0.25) is 0 Å². The van der Waals surface area contributed by atoms with Gasteiger partial charge >= 0.3 is 6.18 Å². The fraction of sp³-hybridized carbons (Fsp3) is 0.308. The maximum absolute atomic E-state index is 12.8. The van der Waals surface area contributed by atoms with Crippen LogP contribution in [0.5, 0.6) is 11.5 Å². The van der Waals surface area contributed by atoms with E-state index in [0.717, 1.165) is 28.2 Å². The van der Waals surface area contributed by atoms with Gasteiger partial charge in [-0.1, -0.05) is 30.3 Å². The van der Waals surface area contributed by atoms with Gasteiger partial charge in [0.25, 0.3) is 0 Å². The first-order chi connectivity index (χ1) is 16.8. The van der Waals surface area contributed by atoms with E-state index < -0.39 is 11.7 Å². The Morgan fingerprint density at radius 2 is 1.66 bits per heavy atom. The molecule has 0 amide bonds. The fourth-order valence-electron chi connectivity index (χ4n) is 3.11. The molecule has 0 bridgehead atoms. The summed E-state index contributed by atoms with van der Waals surface area (Å²) >= 11 is 1.58. The van der Waals surface area contributed by atoms with Gasteiger partial charge < -0.3 is 14.2 Å². The minimum absolute atomic E-state index is 0.0787. The van der Waals surface area contributed by atoms with Gasteiger partial charge in [0.05, 0.1) is 12.2 Å². The van der Waals surface area contributed by atoms with Crippen LogP contribution in [0.3, 0.4) is 0 Å². The molecule has 0 saturated heterocycles. The molecule has 35 heavy (non-hydrogen) atoms. The molecule has 0 heterocycles. The van der Waals surface area contributed by atoms with Crippen molar-refractivity contribution < 1.29 is 37.5 Å². The Bertz CT molecular complexity index is 1030. The summed E-state index contributed by atoms with van der Waals surface area (Å²) < 4.78 is 55.8. The third-order valence-corrected chi connectivity index (χ3v) is 6.09. The third kappa shape index (κ3) is 9.10. The molecule has 0 spiro atoms. The van der Waals surface area contributed by atoms with Crippen LogP contribution >= 0.6 is 11.8 Å². The van der Waals surface area contributed by atoms with Crippen molar-refractivity contribution in [2.75, 3.05) is 25.6 Å². The number of thioether (sulfide) groups is 1. The minimum Gasteiger partial charge on any atom is -0.491 e. The Morgan fingerprint density at radius 3 is 2.31 bits per heavy atom. The van der Waals surface area contributed by atoms with Gasteiger partial charge in [0, 0.05) is 10.6 Å². The monoisotopic (exact) mass is 508 g/mol. The Morgan fingerprint density at radius 1 is 0.914 bits per heavy atom. The highest BCUT2D eigenvalue weighted by atomic mass is 32.2. The molecule has 3 rings (SSSR count). The standard InChI is InChI=1S/C26H27F3O5S/c1-19-15-24(11-12-25(19)31-13-14-34-30)35-18-23(32-16-20-5-3-2-4-6-20)17-33-22-9-7-21(8-10-22)26(27,28)29/h2-12,15,23,30H,13-14,16-18H2,1H3. The average molecular weight is 509 g/mol. The Labute approximate surface area is 206 Å². The average Bonchev–Trinajstić information content (AvgIpc) is 2.85. The molecule has 0 aliphatic heterocycles. The van der Waals surface area contributed by atoms with Crippen LogP contribution in [0.15, 0.2) is 77.7 Å². The Balaban J connectivity index is 1.60.